The SMILES string of the molecule is COc1ccc(-c2ccc(S(=O)(=O)N3CCC(Oc4cccc5cccnc45)CC3)cc2)cc1. The summed E-state index contributed by atoms with van der Waals surface area (Å²) >= 11 is 0. The van der Waals surface area contributed by atoms with Gasteiger partial charge in [-0.1, -0.05) is 42.5 Å². The molecule has 6 nitrogen and oxygen atoms in total. The van der Waals surface area contributed by atoms with Crippen molar-refractivity contribution >= 4 is 20.9 Å². The fourth-order valence-electron chi connectivity index (χ4n) is 4.29. The number of methoxy groups -OCH3 is 1. The molecule has 0 N–H and O–H groups in total. The normalized spacial score (nSPS) is 15.3. The second kappa shape index (κ2) is 9.44. The summed E-state index contributed by atoms with van der Waals surface area (Å²) in [6.45, 7) is 0.844. The maximum absolute atomic E-state index is 13.2. The number of hydrogen-bond donors (Lipinski definition) is 0. The van der Waals surface area contributed by atoms with E-state index in [2.05, 4.69) is 4.98 Å². The highest BCUT2D eigenvalue weighted by Crippen LogP contribution is 2.29. The molecule has 0 unspecified atom stereocenters. The van der Waals surface area contributed by atoms with E-state index in [1.165, 1.54) is 0 Å². The lowest BCUT2D eigenvalue weighted by Crippen LogP contribution is -2.41. The lowest BCUT2D eigenvalue weighted by atomic mass is 10.1. The van der Waals surface area contributed by atoms with E-state index >= 15 is 0 Å². The third kappa shape index (κ3) is 4.49. The molecule has 7 heteroatoms. The Morgan fingerprint density at radius 3 is 2.18 bits per heavy atom. The van der Waals surface area contributed by atoms with Crippen LogP contribution in [0.4, 0.5) is 0 Å². The van der Waals surface area contributed by atoms with Crippen molar-refractivity contribution in [2.75, 3.05) is 20.2 Å². The summed E-state index contributed by atoms with van der Waals surface area (Å²) in [5.41, 5.74) is 2.79. The first kappa shape index (κ1) is 22.4. The van der Waals surface area contributed by atoms with Crippen molar-refractivity contribution in [2.45, 2.75) is 23.8 Å². The van der Waals surface area contributed by atoms with Crippen LogP contribution in [0.2, 0.25) is 0 Å². The smallest absolute Gasteiger partial charge is 0.243 e. The van der Waals surface area contributed by atoms with E-state index in [1.54, 1.807) is 29.7 Å². The molecule has 4 aromatic rings. The third-order valence-electron chi connectivity index (χ3n) is 6.21. The van der Waals surface area contributed by atoms with Crippen LogP contribution in [-0.4, -0.2) is 44.0 Å². The first-order valence-corrected chi connectivity index (χ1v) is 12.7. The van der Waals surface area contributed by atoms with Gasteiger partial charge in [-0.05, 0) is 60.4 Å². The molecule has 0 saturated carbocycles. The minimum absolute atomic E-state index is 0.0449. The van der Waals surface area contributed by atoms with Crippen LogP contribution in [0.5, 0.6) is 11.5 Å². The van der Waals surface area contributed by atoms with Gasteiger partial charge in [0.2, 0.25) is 10.0 Å². The number of piperidine rings is 1. The van der Waals surface area contributed by atoms with Gasteiger partial charge in [0.05, 0.1) is 12.0 Å². The molecule has 0 radical (unpaired) electrons. The molecule has 174 valence electrons. The van der Waals surface area contributed by atoms with Crippen molar-refractivity contribution in [2.24, 2.45) is 0 Å². The minimum Gasteiger partial charge on any atom is -0.497 e. The molecule has 2 heterocycles. The van der Waals surface area contributed by atoms with Gasteiger partial charge in [-0.3, -0.25) is 4.98 Å². The summed E-state index contributed by atoms with van der Waals surface area (Å²) in [6.07, 6.45) is 2.97. The topological polar surface area (TPSA) is 68.7 Å². The van der Waals surface area contributed by atoms with Crippen LogP contribution < -0.4 is 9.47 Å². The molecule has 0 amide bonds. The molecule has 1 fully saturated rings. The van der Waals surface area contributed by atoms with E-state index in [1.807, 2.05) is 66.7 Å². The summed E-state index contributed by atoms with van der Waals surface area (Å²) in [5.74, 6) is 1.53. The number of para-hydroxylation sites is 1. The van der Waals surface area contributed by atoms with Crippen LogP contribution in [0.25, 0.3) is 22.0 Å². The van der Waals surface area contributed by atoms with E-state index in [9.17, 15) is 8.42 Å². The highest BCUT2D eigenvalue weighted by Gasteiger charge is 2.30. The molecule has 1 aliphatic heterocycles. The second-order valence-electron chi connectivity index (χ2n) is 8.31. The van der Waals surface area contributed by atoms with Gasteiger partial charge in [-0.2, -0.15) is 4.31 Å². The third-order valence-corrected chi connectivity index (χ3v) is 8.12. The Kier molecular flexibility index (Phi) is 6.22. The Labute approximate surface area is 199 Å². The number of nitrogens with zero attached hydrogens (tertiary/aromatic N) is 2. The van der Waals surface area contributed by atoms with E-state index in [0.29, 0.717) is 30.8 Å². The van der Waals surface area contributed by atoms with Gasteiger partial charge >= 0.3 is 0 Å². The lowest BCUT2D eigenvalue weighted by Gasteiger charge is -2.31. The Hall–Kier alpha value is -3.42. The second-order valence-corrected chi connectivity index (χ2v) is 10.2. The van der Waals surface area contributed by atoms with Crippen LogP contribution in [-0.2, 0) is 10.0 Å². The molecule has 1 aliphatic rings. The Morgan fingerprint density at radius 2 is 1.50 bits per heavy atom. The summed E-state index contributed by atoms with van der Waals surface area (Å²) < 4.78 is 39.4. The number of hydrogen-bond acceptors (Lipinski definition) is 5. The highest BCUT2D eigenvalue weighted by atomic mass is 32.2. The molecule has 5 rings (SSSR count). The zero-order valence-electron chi connectivity index (χ0n) is 18.9. The molecule has 0 atom stereocenters. The summed E-state index contributed by atoms with van der Waals surface area (Å²) in [6, 6.07) is 24.5. The maximum atomic E-state index is 13.2. The van der Waals surface area contributed by atoms with Gasteiger partial charge in [-0.15, -0.1) is 0 Å². The zero-order chi connectivity index (χ0) is 23.5. The quantitative estimate of drug-likeness (QED) is 0.387. The summed E-state index contributed by atoms with van der Waals surface area (Å²) in [5, 5.41) is 1.03. The van der Waals surface area contributed by atoms with Gasteiger partial charge < -0.3 is 9.47 Å². The number of pyridine rings is 1. The summed E-state index contributed by atoms with van der Waals surface area (Å²) in [7, 11) is -1.93. The van der Waals surface area contributed by atoms with Crippen molar-refractivity contribution in [1.29, 1.82) is 0 Å². The van der Waals surface area contributed by atoms with Crippen molar-refractivity contribution < 1.29 is 17.9 Å². The van der Waals surface area contributed by atoms with E-state index in [0.717, 1.165) is 33.5 Å². The van der Waals surface area contributed by atoms with Gasteiger partial charge in [-0.25, -0.2) is 8.42 Å². The predicted molar refractivity (Wildman–Crippen MR) is 133 cm³/mol. The fourth-order valence-corrected chi connectivity index (χ4v) is 5.76. The first-order chi connectivity index (χ1) is 16.5. The van der Waals surface area contributed by atoms with E-state index in [4.69, 9.17) is 9.47 Å². The predicted octanol–water partition coefficient (Wildman–Crippen LogP) is 5.14. The van der Waals surface area contributed by atoms with Crippen molar-refractivity contribution in [3.8, 4) is 22.6 Å². The summed E-state index contributed by atoms with van der Waals surface area (Å²) in [4.78, 5) is 4.75. The standard InChI is InChI=1S/C27H26N2O4S/c1-32-23-11-7-20(8-12-23)21-9-13-25(14-10-21)34(30,31)29-18-15-24(16-19-29)33-26-6-2-4-22-5-3-17-28-27(22)26/h2-14,17,24H,15-16,18-19H2,1H3. The van der Waals surface area contributed by atoms with Crippen LogP contribution >= 0.6 is 0 Å². The fraction of sp³-hybridized carbons (Fsp3) is 0.222. The van der Waals surface area contributed by atoms with Gasteiger partial charge in [0.25, 0.3) is 0 Å². The van der Waals surface area contributed by atoms with Crippen LogP contribution in [0, 0.1) is 0 Å². The Balaban J connectivity index is 1.25. The average Bonchev–Trinajstić information content (AvgIpc) is 2.89. The van der Waals surface area contributed by atoms with E-state index < -0.39 is 10.0 Å². The molecule has 0 spiro atoms. The average molecular weight is 475 g/mol. The van der Waals surface area contributed by atoms with E-state index in [-0.39, 0.29) is 6.10 Å². The number of benzene rings is 3. The largest absolute Gasteiger partial charge is 0.497 e. The molecule has 1 saturated heterocycles. The van der Waals surface area contributed by atoms with Gasteiger partial charge in [0, 0.05) is 24.7 Å². The molecule has 0 aliphatic carbocycles. The van der Waals surface area contributed by atoms with Crippen LogP contribution in [0.15, 0.2) is 90.0 Å². The van der Waals surface area contributed by atoms with Gasteiger partial charge in [0.15, 0.2) is 0 Å². The molecule has 3 aromatic carbocycles. The molecular formula is C27H26N2O4S. The maximum Gasteiger partial charge on any atom is 0.243 e. The Morgan fingerprint density at radius 1 is 0.853 bits per heavy atom. The zero-order valence-corrected chi connectivity index (χ0v) is 19.7. The molecular weight excluding hydrogens is 448 g/mol. The molecule has 0 bridgehead atoms. The number of rotatable bonds is 6. The van der Waals surface area contributed by atoms with Crippen molar-refractivity contribution in [3.05, 3.63) is 85.1 Å². The monoisotopic (exact) mass is 474 g/mol. The first-order valence-electron chi connectivity index (χ1n) is 11.3. The molecule has 34 heavy (non-hydrogen) atoms. The number of ether oxygens (including phenoxy) is 2. The number of aromatic nitrogens is 1. The number of sulfonamides is 1. The van der Waals surface area contributed by atoms with Crippen molar-refractivity contribution in [3.63, 3.8) is 0 Å². The molecule has 1 aromatic heterocycles. The Bertz CT molecular complexity index is 1370. The highest BCUT2D eigenvalue weighted by molar-refractivity contribution is 7.89. The minimum atomic E-state index is -3.56. The van der Waals surface area contributed by atoms with Crippen LogP contribution in [0.1, 0.15) is 12.8 Å². The van der Waals surface area contributed by atoms with Crippen LogP contribution in [0.3, 0.4) is 0 Å². The number of fused-ring (bicyclic) bond motifs is 1. The van der Waals surface area contributed by atoms with Crippen molar-refractivity contribution in [1.82, 2.24) is 9.29 Å². The lowest BCUT2D eigenvalue weighted by molar-refractivity contribution is 0.136. The van der Waals surface area contributed by atoms with Gasteiger partial charge in [0.1, 0.15) is 23.1 Å².